The van der Waals surface area contributed by atoms with Gasteiger partial charge < -0.3 is 10.1 Å². The molecule has 2 heterocycles. The number of nitrogens with two attached hydrogens (primary N) is 1. The Morgan fingerprint density at radius 2 is 2.05 bits per heavy atom. The van der Waals surface area contributed by atoms with Crippen molar-refractivity contribution in [3.8, 4) is 6.01 Å². The molecule has 4 N–H and O–H groups in total. The van der Waals surface area contributed by atoms with Gasteiger partial charge in [-0.1, -0.05) is 0 Å². The molecule has 2 rings (SSSR count). The molecule has 2 aromatic rings. The van der Waals surface area contributed by atoms with E-state index in [0.717, 1.165) is 5.56 Å². The predicted octanol–water partition coefficient (Wildman–Crippen LogP) is 0.561. The molecule has 0 amide bonds. The van der Waals surface area contributed by atoms with Crippen molar-refractivity contribution in [1.29, 1.82) is 0 Å². The second kappa shape index (κ2) is 6.84. The lowest BCUT2D eigenvalue weighted by Gasteiger charge is -2.11. The quantitative estimate of drug-likeness (QED) is 0.501. The van der Waals surface area contributed by atoms with Crippen molar-refractivity contribution < 1.29 is 4.74 Å². The highest BCUT2D eigenvalue weighted by Crippen LogP contribution is 2.11. The number of aryl methyl sites for hydroxylation is 1. The van der Waals surface area contributed by atoms with Gasteiger partial charge in [0.25, 0.3) is 0 Å². The number of rotatable bonds is 7. The summed E-state index contributed by atoms with van der Waals surface area (Å²) >= 11 is 0. The fourth-order valence-corrected chi connectivity index (χ4v) is 1.64. The van der Waals surface area contributed by atoms with E-state index in [1.165, 1.54) is 0 Å². The molecule has 2 aromatic heterocycles. The van der Waals surface area contributed by atoms with Crippen molar-refractivity contribution in [3.05, 3.63) is 18.0 Å². The molecular formula is C12H20N8O. The molecule has 0 saturated heterocycles. The number of nitrogens with zero attached hydrogens (tertiary/aromatic N) is 5. The second-order valence-corrected chi connectivity index (χ2v) is 4.78. The van der Waals surface area contributed by atoms with Gasteiger partial charge in [0.1, 0.15) is 0 Å². The SMILES string of the molecule is Cc1cnn(CCNc2nc(NN)nc(OC(C)C)n2)c1. The van der Waals surface area contributed by atoms with Crippen LogP contribution in [0.4, 0.5) is 11.9 Å². The molecule has 114 valence electrons. The molecule has 0 spiro atoms. The summed E-state index contributed by atoms with van der Waals surface area (Å²) in [7, 11) is 0. The van der Waals surface area contributed by atoms with Gasteiger partial charge in [-0.15, -0.1) is 0 Å². The van der Waals surface area contributed by atoms with E-state index in [0.29, 0.717) is 19.0 Å². The minimum atomic E-state index is -0.0297. The number of hydrogen-bond donors (Lipinski definition) is 3. The average molecular weight is 292 g/mol. The largest absolute Gasteiger partial charge is 0.461 e. The first kappa shape index (κ1) is 15.0. The monoisotopic (exact) mass is 292 g/mol. The molecule has 0 aromatic carbocycles. The highest BCUT2D eigenvalue weighted by molar-refractivity contribution is 5.34. The summed E-state index contributed by atoms with van der Waals surface area (Å²) in [6.07, 6.45) is 3.75. The van der Waals surface area contributed by atoms with Gasteiger partial charge in [0.2, 0.25) is 11.9 Å². The maximum absolute atomic E-state index is 5.45. The molecule has 0 aliphatic heterocycles. The fourth-order valence-electron chi connectivity index (χ4n) is 1.64. The van der Waals surface area contributed by atoms with E-state index in [9.17, 15) is 0 Å². The van der Waals surface area contributed by atoms with Crippen LogP contribution in [0.2, 0.25) is 0 Å². The smallest absolute Gasteiger partial charge is 0.323 e. The molecule has 0 atom stereocenters. The van der Waals surface area contributed by atoms with Crippen molar-refractivity contribution in [1.82, 2.24) is 24.7 Å². The molecule has 0 aliphatic rings. The zero-order valence-electron chi connectivity index (χ0n) is 12.4. The summed E-state index contributed by atoms with van der Waals surface area (Å²) in [6.45, 7) is 7.11. The fraction of sp³-hybridized carbons (Fsp3) is 0.500. The third-order valence-corrected chi connectivity index (χ3v) is 2.47. The van der Waals surface area contributed by atoms with Crippen LogP contribution in [0.5, 0.6) is 6.01 Å². The first-order chi connectivity index (χ1) is 10.1. The van der Waals surface area contributed by atoms with Crippen LogP contribution in [0.25, 0.3) is 0 Å². The molecule has 0 radical (unpaired) electrons. The van der Waals surface area contributed by atoms with Crippen molar-refractivity contribution >= 4 is 11.9 Å². The van der Waals surface area contributed by atoms with Gasteiger partial charge in [0.15, 0.2) is 0 Å². The number of nitrogen functional groups attached to an aromatic ring is 1. The van der Waals surface area contributed by atoms with Crippen molar-refractivity contribution in [2.24, 2.45) is 5.84 Å². The van der Waals surface area contributed by atoms with Crippen LogP contribution in [-0.4, -0.2) is 37.4 Å². The summed E-state index contributed by atoms with van der Waals surface area (Å²) in [5.74, 6) is 5.99. The Balaban J connectivity index is 1.97. The lowest BCUT2D eigenvalue weighted by atomic mass is 10.4. The molecule has 0 aliphatic carbocycles. The summed E-state index contributed by atoms with van der Waals surface area (Å²) < 4.78 is 7.29. The topological polar surface area (TPSA) is 116 Å². The zero-order chi connectivity index (χ0) is 15.2. The Morgan fingerprint density at radius 3 is 2.67 bits per heavy atom. The third-order valence-electron chi connectivity index (χ3n) is 2.47. The number of anilines is 2. The van der Waals surface area contributed by atoms with Crippen LogP contribution in [0.1, 0.15) is 19.4 Å². The van der Waals surface area contributed by atoms with E-state index in [1.54, 1.807) is 0 Å². The van der Waals surface area contributed by atoms with Crippen molar-refractivity contribution in [2.45, 2.75) is 33.4 Å². The van der Waals surface area contributed by atoms with Crippen LogP contribution < -0.4 is 21.3 Å². The second-order valence-electron chi connectivity index (χ2n) is 4.78. The van der Waals surface area contributed by atoms with Crippen LogP contribution >= 0.6 is 0 Å². The number of ether oxygens (including phenoxy) is 1. The van der Waals surface area contributed by atoms with E-state index >= 15 is 0 Å². The molecule has 0 fully saturated rings. The van der Waals surface area contributed by atoms with E-state index < -0.39 is 0 Å². The summed E-state index contributed by atoms with van der Waals surface area (Å²) in [6, 6.07) is 0.227. The van der Waals surface area contributed by atoms with E-state index in [-0.39, 0.29) is 18.1 Å². The van der Waals surface area contributed by atoms with Gasteiger partial charge in [0.05, 0.1) is 18.8 Å². The van der Waals surface area contributed by atoms with Gasteiger partial charge in [-0.3, -0.25) is 10.1 Å². The minimum absolute atomic E-state index is 0.0297. The van der Waals surface area contributed by atoms with Gasteiger partial charge >= 0.3 is 6.01 Å². The van der Waals surface area contributed by atoms with Gasteiger partial charge in [-0.25, -0.2) is 5.84 Å². The first-order valence-electron chi connectivity index (χ1n) is 6.69. The molecule has 9 nitrogen and oxygen atoms in total. The summed E-state index contributed by atoms with van der Waals surface area (Å²) in [4.78, 5) is 12.3. The maximum Gasteiger partial charge on any atom is 0.323 e. The van der Waals surface area contributed by atoms with Crippen molar-refractivity contribution in [3.63, 3.8) is 0 Å². The number of hydrogen-bond acceptors (Lipinski definition) is 8. The van der Waals surface area contributed by atoms with Crippen LogP contribution in [0.15, 0.2) is 12.4 Å². The summed E-state index contributed by atoms with van der Waals surface area (Å²) in [5, 5.41) is 7.30. The van der Waals surface area contributed by atoms with Crippen LogP contribution in [-0.2, 0) is 6.54 Å². The Kier molecular flexibility index (Phi) is 4.88. The van der Waals surface area contributed by atoms with Gasteiger partial charge in [-0.05, 0) is 26.3 Å². The molecule has 0 bridgehead atoms. The summed E-state index contributed by atoms with van der Waals surface area (Å²) in [5.41, 5.74) is 3.52. The van der Waals surface area contributed by atoms with Crippen LogP contribution in [0.3, 0.4) is 0 Å². The zero-order valence-corrected chi connectivity index (χ0v) is 12.4. The highest BCUT2D eigenvalue weighted by atomic mass is 16.5. The Hall–Kier alpha value is -2.42. The number of hydrazine groups is 1. The molecule has 0 unspecified atom stereocenters. The van der Waals surface area contributed by atoms with Gasteiger partial charge in [0, 0.05) is 12.7 Å². The molecule has 0 saturated carbocycles. The highest BCUT2D eigenvalue weighted by Gasteiger charge is 2.08. The predicted molar refractivity (Wildman–Crippen MR) is 78.9 cm³/mol. The lowest BCUT2D eigenvalue weighted by Crippen LogP contribution is -2.18. The minimum Gasteiger partial charge on any atom is -0.461 e. The van der Waals surface area contributed by atoms with Gasteiger partial charge in [-0.2, -0.15) is 20.1 Å². The average Bonchev–Trinajstić information content (AvgIpc) is 2.83. The standard InChI is InChI=1S/C12H20N8O/c1-8(2)21-12-17-10(16-11(18-12)19-13)14-4-5-20-7-9(3)6-15-20/h6-8H,4-5,13H2,1-3H3,(H2,14,16,17,18,19). The lowest BCUT2D eigenvalue weighted by molar-refractivity contribution is 0.222. The Labute approximate surface area is 122 Å². The third kappa shape index (κ3) is 4.56. The first-order valence-corrected chi connectivity index (χ1v) is 6.69. The van der Waals surface area contributed by atoms with E-state index in [1.807, 2.05) is 37.8 Å². The molecule has 21 heavy (non-hydrogen) atoms. The molecular weight excluding hydrogens is 272 g/mol. The normalized spacial score (nSPS) is 10.7. The van der Waals surface area contributed by atoms with Crippen molar-refractivity contribution in [2.75, 3.05) is 17.3 Å². The van der Waals surface area contributed by atoms with Crippen LogP contribution in [0, 0.1) is 6.92 Å². The number of aromatic nitrogens is 5. The van der Waals surface area contributed by atoms with E-state index in [2.05, 4.69) is 30.8 Å². The Morgan fingerprint density at radius 1 is 1.29 bits per heavy atom. The maximum atomic E-state index is 5.45. The number of nitrogens with one attached hydrogen (secondary N) is 2. The molecule has 9 heteroatoms. The van der Waals surface area contributed by atoms with E-state index in [4.69, 9.17) is 10.6 Å². The Bertz CT molecular complexity index is 582.